The van der Waals surface area contributed by atoms with Crippen molar-refractivity contribution in [1.29, 1.82) is 0 Å². The summed E-state index contributed by atoms with van der Waals surface area (Å²) in [5.41, 5.74) is 0.365. The highest BCUT2D eigenvalue weighted by atomic mass is 32.2. The van der Waals surface area contributed by atoms with E-state index in [-0.39, 0.29) is 23.1 Å². The van der Waals surface area contributed by atoms with Crippen LogP contribution in [0, 0.1) is 5.92 Å². The molecule has 126 valence electrons. The molecule has 1 aromatic rings. The minimum Gasteiger partial charge on any atom is -0.468 e. The molecule has 1 aromatic carbocycles. The summed E-state index contributed by atoms with van der Waals surface area (Å²) in [5, 5.41) is 0. The van der Waals surface area contributed by atoms with Gasteiger partial charge in [-0.05, 0) is 43.0 Å². The van der Waals surface area contributed by atoms with E-state index < -0.39 is 15.8 Å². The van der Waals surface area contributed by atoms with E-state index in [1.54, 1.807) is 6.92 Å². The van der Waals surface area contributed by atoms with Gasteiger partial charge in [-0.3, -0.25) is 9.59 Å². The zero-order valence-electron chi connectivity index (χ0n) is 13.3. The Kier molecular flexibility index (Phi) is 5.41. The Balaban J connectivity index is 2.16. The van der Waals surface area contributed by atoms with E-state index in [1.165, 1.54) is 36.3 Å². The molecule has 0 spiro atoms. The molecule has 6 nitrogen and oxygen atoms in total. The number of rotatable bonds is 7. The Bertz CT molecular complexity index is 677. The highest BCUT2D eigenvalue weighted by Gasteiger charge is 2.28. The number of amides is 1. The number of nitrogens with zero attached hydrogens (tertiary/aromatic N) is 1. The second-order valence-electron chi connectivity index (χ2n) is 5.63. The lowest BCUT2D eigenvalue weighted by Crippen LogP contribution is -2.37. The van der Waals surface area contributed by atoms with Crippen LogP contribution in [0.3, 0.4) is 0 Å². The molecule has 0 radical (unpaired) electrons. The zero-order valence-corrected chi connectivity index (χ0v) is 14.1. The van der Waals surface area contributed by atoms with Crippen LogP contribution in [-0.4, -0.2) is 51.1 Å². The maximum Gasteiger partial charge on any atom is 0.325 e. The fourth-order valence-electron chi connectivity index (χ4n) is 2.21. The molecule has 2 rings (SSSR count). The average Bonchev–Trinajstić information content (AvgIpc) is 3.37. The summed E-state index contributed by atoms with van der Waals surface area (Å²) >= 11 is 0. The zero-order chi connectivity index (χ0) is 17.0. The Labute approximate surface area is 136 Å². The molecule has 0 aromatic heterocycles. The van der Waals surface area contributed by atoms with Crippen LogP contribution in [0.15, 0.2) is 29.2 Å². The summed E-state index contributed by atoms with van der Waals surface area (Å²) in [6.45, 7) is 1.99. The molecule has 1 fully saturated rings. The monoisotopic (exact) mass is 339 g/mol. The predicted molar refractivity (Wildman–Crippen MR) is 84.8 cm³/mol. The number of benzene rings is 1. The molecule has 0 N–H and O–H groups in total. The number of methoxy groups -OCH3 is 1. The van der Waals surface area contributed by atoms with E-state index in [9.17, 15) is 18.0 Å². The predicted octanol–water partition coefficient (Wildman–Crippen LogP) is 1.51. The third-order valence-corrected chi connectivity index (χ3v) is 5.60. The van der Waals surface area contributed by atoms with Gasteiger partial charge in [0.05, 0.1) is 17.8 Å². The van der Waals surface area contributed by atoms with Crippen LogP contribution in [-0.2, 0) is 19.4 Å². The Hall–Kier alpha value is -1.89. The summed E-state index contributed by atoms with van der Waals surface area (Å²) in [6, 6.07) is 5.84. The Morgan fingerprint density at radius 3 is 2.30 bits per heavy atom. The van der Waals surface area contributed by atoms with E-state index in [2.05, 4.69) is 4.74 Å². The SMILES string of the molecule is CCS(=O)(=O)c1ccc(C(=O)N(CC(=O)OC)CC2CC2)cc1. The van der Waals surface area contributed by atoms with Crippen molar-refractivity contribution in [1.82, 2.24) is 4.90 Å². The Morgan fingerprint density at radius 2 is 1.83 bits per heavy atom. The van der Waals surface area contributed by atoms with E-state index in [0.29, 0.717) is 18.0 Å². The van der Waals surface area contributed by atoms with Gasteiger partial charge in [-0.2, -0.15) is 0 Å². The largest absolute Gasteiger partial charge is 0.468 e. The van der Waals surface area contributed by atoms with Crippen molar-refractivity contribution < 1.29 is 22.7 Å². The van der Waals surface area contributed by atoms with Gasteiger partial charge in [0, 0.05) is 12.1 Å². The highest BCUT2D eigenvalue weighted by Crippen LogP contribution is 2.30. The van der Waals surface area contributed by atoms with Crippen molar-refractivity contribution in [3.63, 3.8) is 0 Å². The van der Waals surface area contributed by atoms with Crippen molar-refractivity contribution in [2.75, 3.05) is 26.0 Å². The molecular weight excluding hydrogens is 318 g/mol. The first kappa shape index (κ1) is 17.5. The molecule has 0 heterocycles. The molecule has 0 saturated heterocycles. The van der Waals surface area contributed by atoms with Gasteiger partial charge in [0.2, 0.25) is 0 Å². The second-order valence-corrected chi connectivity index (χ2v) is 7.91. The minimum atomic E-state index is -3.29. The number of esters is 1. The summed E-state index contributed by atoms with van der Waals surface area (Å²) in [7, 11) is -2.01. The smallest absolute Gasteiger partial charge is 0.325 e. The lowest BCUT2D eigenvalue weighted by atomic mass is 10.2. The molecule has 1 aliphatic carbocycles. The number of ether oxygens (including phenoxy) is 1. The molecule has 0 unspecified atom stereocenters. The first-order chi connectivity index (χ1) is 10.9. The van der Waals surface area contributed by atoms with Crippen LogP contribution in [0.25, 0.3) is 0 Å². The number of carbonyl (C=O) groups excluding carboxylic acids is 2. The first-order valence-corrected chi connectivity index (χ1v) is 9.21. The lowest BCUT2D eigenvalue weighted by Gasteiger charge is -2.21. The average molecular weight is 339 g/mol. The van der Waals surface area contributed by atoms with Gasteiger partial charge in [0.25, 0.3) is 5.91 Å². The van der Waals surface area contributed by atoms with Gasteiger partial charge in [-0.25, -0.2) is 8.42 Å². The van der Waals surface area contributed by atoms with E-state index in [4.69, 9.17) is 0 Å². The third-order valence-electron chi connectivity index (χ3n) is 3.85. The quantitative estimate of drug-likeness (QED) is 0.703. The van der Waals surface area contributed by atoms with Gasteiger partial charge in [0.1, 0.15) is 6.54 Å². The van der Waals surface area contributed by atoms with Crippen molar-refractivity contribution in [2.45, 2.75) is 24.7 Å². The number of sulfone groups is 1. The van der Waals surface area contributed by atoms with Crippen LogP contribution in [0.2, 0.25) is 0 Å². The summed E-state index contributed by atoms with van der Waals surface area (Å²) in [4.78, 5) is 25.7. The molecule has 7 heteroatoms. The molecule has 0 aliphatic heterocycles. The maximum absolute atomic E-state index is 12.6. The molecule has 1 amide bonds. The van der Waals surface area contributed by atoms with Crippen molar-refractivity contribution in [2.24, 2.45) is 5.92 Å². The molecular formula is C16H21NO5S. The third kappa shape index (κ3) is 4.54. The fourth-order valence-corrected chi connectivity index (χ4v) is 3.09. The van der Waals surface area contributed by atoms with Crippen LogP contribution in [0.1, 0.15) is 30.1 Å². The molecule has 1 saturated carbocycles. The molecule has 1 aliphatic rings. The van der Waals surface area contributed by atoms with Crippen molar-refractivity contribution in [3.8, 4) is 0 Å². The van der Waals surface area contributed by atoms with E-state index >= 15 is 0 Å². The first-order valence-electron chi connectivity index (χ1n) is 7.56. The minimum absolute atomic E-state index is 0.0104. The van der Waals surface area contributed by atoms with Gasteiger partial charge in [0.15, 0.2) is 9.84 Å². The van der Waals surface area contributed by atoms with Crippen LogP contribution >= 0.6 is 0 Å². The van der Waals surface area contributed by atoms with Crippen LogP contribution < -0.4 is 0 Å². The number of hydrogen-bond acceptors (Lipinski definition) is 5. The maximum atomic E-state index is 12.6. The topological polar surface area (TPSA) is 80.8 Å². The normalized spacial score (nSPS) is 14.3. The second kappa shape index (κ2) is 7.12. The van der Waals surface area contributed by atoms with E-state index in [0.717, 1.165) is 12.8 Å². The van der Waals surface area contributed by atoms with Crippen LogP contribution in [0.5, 0.6) is 0 Å². The van der Waals surface area contributed by atoms with Crippen molar-refractivity contribution >= 4 is 21.7 Å². The molecule has 0 bridgehead atoms. The standard InChI is InChI=1S/C16H21NO5S/c1-3-23(20,21)14-8-6-13(7-9-14)16(19)17(10-12-4-5-12)11-15(18)22-2/h6-9,12H,3-5,10-11H2,1-2H3. The van der Waals surface area contributed by atoms with E-state index in [1.807, 2.05) is 0 Å². The van der Waals surface area contributed by atoms with Gasteiger partial charge in [-0.1, -0.05) is 6.92 Å². The van der Waals surface area contributed by atoms with Gasteiger partial charge >= 0.3 is 5.97 Å². The molecule has 23 heavy (non-hydrogen) atoms. The summed E-state index contributed by atoms with van der Waals surface area (Å²) < 4.78 is 28.2. The lowest BCUT2D eigenvalue weighted by molar-refractivity contribution is -0.141. The highest BCUT2D eigenvalue weighted by molar-refractivity contribution is 7.91. The fraction of sp³-hybridized carbons (Fsp3) is 0.500. The summed E-state index contributed by atoms with van der Waals surface area (Å²) in [5.74, 6) is -0.313. The van der Waals surface area contributed by atoms with Gasteiger partial charge in [-0.15, -0.1) is 0 Å². The number of hydrogen-bond donors (Lipinski definition) is 0. The van der Waals surface area contributed by atoms with Crippen molar-refractivity contribution in [3.05, 3.63) is 29.8 Å². The number of carbonyl (C=O) groups is 2. The van der Waals surface area contributed by atoms with Crippen LogP contribution in [0.4, 0.5) is 0 Å². The Morgan fingerprint density at radius 1 is 1.22 bits per heavy atom. The molecule has 0 atom stereocenters. The summed E-state index contributed by atoms with van der Waals surface area (Å²) in [6.07, 6.45) is 2.11. The van der Waals surface area contributed by atoms with Gasteiger partial charge < -0.3 is 9.64 Å².